The maximum atomic E-state index is 10.1. The molecule has 2 rings (SSSR count). The molecule has 0 spiro atoms. The van der Waals surface area contributed by atoms with E-state index < -0.39 is 0 Å². The number of hydrogen-bond acceptors (Lipinski definition) is 2. The van der Waals surface area contributed by atoms with Crippen molar-refractivity contribution in [2.75, 3.05) is 7.11 Å². The van der Waals surface area contributed by atoms with Gasteiger partial charge in [0.15, 0.2) is 0 Å². The molecule has 0 saturated heterocycles. The molecule has 0 amide bonds. The molecule has 1 N–H and O–H groups in total. The summed E-state index contributed by atoms with van der Waals surface area (Å²) >= 11 is 0. The molecule has 0 radical (unpaired) electrons. The second-order valence-electron chi connectivity index (χ2n) is 4.87. The molecule has 0 bridgehead atoms. The van der Waals surface area contributed by atoms with E-state index >= 15 is 0 Å². The fourth-order valence-electron chi connectivity index (χ4n) is 2.15. The summed E-state index contributed by atoms with van der Waals surface area (Å²) in [5.74, 6) is 1.05. The number of phenolic OH excluding ortho intramolecular Hbond substituents is 1. The number of methoxy groups -OCH3 is 1. The summed E-state index contributed by atoms with van der Waals surface area (Å²) in [5, 5.41) is 10.1. The first kappa shape index (κ1) is 12.5. The molecule has 2 nitrogen and oxygen atoms in total. The van der Waals surface area contributed by atoms with Crippen LogP contribution < -0.4 is 4.74 Å². The Labute approximate surface area is 108 Å². The van der Waals surface area contributed by atoms with Crippen LogP contribution in [0.4, 0.5) is 0 Å². The van der Waals surface area contributed by atoms with Gasteiger partial charge in [-0.2, -0.15) is 0 Å². The van der Waals surface area contributed by atoms with E-state index in [1.54, 1.807) is 19.2 Å². The maximum Gasteiger partial charge on any atom is 0.119 e. The number of rotatable bonds is 3. The second kappa shape index (κ2) is 4.73. The van der Waals surface area contributed by atoms with Crippen LogP contribution in [0.3, 0.4) is 0 Å². The van der Waals surface area contributed by atoms with Gasteiger partial charge in [0.25, 0.3) is 0 Å². The molecule has 0 aliphatic heterocycles. The van der Waals surface area contributed by atoms with Crippen LogP contribution in [-0.2, 0) is 5.41 Å². The minimum absolute atomic E-state index is 0.264. The lowest BCUT2D eigenvalue weighted by Gasteiger charge is -2.27. The Morgan fingerprint density at radius 2 is 1.67 bits per heavy atom. The van der Waals surface area contributed by atoms with Gasteiger partial charge in [-0.25, -0.2) is 0 Å². The summed E-state index contributed by atoms with van der Waals surface area (Å²) in [6, 6.07) is 15.5. The Hall–Kier alpha value is -1.96. The SMILES string of the molecule is COc1ccc(O)c(C(C)(C)c2ccccc2)c1. The molecule has 2 aromatic carbocycles. The summed E-state index contributed by atoms with van der Waals surface area (Å²) in [6.45, 7) is 4.19. The van der Waals surface area contributed by atoms with Crippen molar-refractivity contribution in [1.29, 1.82) is 0 Å². The van der Waals surface area contributed by atoms with Gasteiger partial charge in [-0.15, -0.1) is 0 Å². The van der Waals surface area contributed by atoms with Crippen LogP contribution in [0.25, 0.3) is 0 Å². The van der Waals surface area contributed by atoms with E-state index in [1.807, 2.05) is 24.3 Å². The quantitative estimate of drug-likeness (QED) is 0.888. The van der Waals surface area contributed by atoms with E-state index in [0.29, 0.717) is 5.75 Å². The zero-order valence-corrected chi connectivity index (χ0v) is 11.0. The minimum atomic E-state index is -0.264. The van der Waals surface area contributed by atoms with Crippen LogP contribution in [-0.4, -0.2) is 12.2 Å². The van der Waals surface area contributed by atoms with Crippen LogP contribution >= 0.6 is 0 Å². The maximum absolute atomic E-state index is 10.1. The molecule has 94 valence electrons. The molecule has 0 fully saturated rings. The zero-order chi connectivity index (χ0) is 13.2. The van der Waals surface area contributed by atoms with E-state index in [2.05, 4.69) is 26.0 Å². The second-order valence-corrected chi connectivity index (χ2v) is 4.87. The minimum Gasteiger partial charge on any atom is -0.508 e. The highest BCUT2D eigenvalue weighted by molar-refractivity contribution is 5.48. The van der Waals surface area contributed by atoms with Crippen molar-refractivity contribution < 1.29 is 9.84 Å². The third kappa shape index (κ3) is 2.19. The smallest absolute Gasteiger partial charge is 0.119 e. The van der Waals surface area contributed by atoms with Crippen LogP contribution in [0.5, 0.6) is 11.5 Å². The van der Waals surface area contributed by atoms with Gasteiger partial charge in [-0.3, -0.25) is 0 Å². The van der Waals surface area contributed by atoms with Gasteiger partial charge >= 0.3 is 0 Å². The summed E-state index contributed by atoms with van der Waals surface area (Å²) in [6.07, 6.45) is 0. The predicted molar refractivity (Wildman–Crippen MR) is 73.2 cm³/mol. The molecular formula is C16H18O2. The molecule has 0 atom stereocenters. The Morgan fingerprint density at radius 3 is 2.28 bits per heavy atom. The van der Waals surface area contributed by atoms with E-state index in [-0.39, 0.29) is 5.41 Å². The molecule has 0 heterocycles. The number of phenols is 1. The molecule has 2 heteroatoms. The normalized spacial score (nSPS) is 11.3. The van der Waals surface area contributed by atoms with Crippen molar-refractivity contribution in [2.24, 2.45) is 0 Å². The van der Waals surface area contributed by atoms with Crippen LogP contribution in [0.1, 0.15) is 25.0 Å². The van der Waals surface area contributed by atoms with E-state index in [9.17, 15) is 5.11 Å². The third-order valence-corrected chi connectivity index (χ3v) is 3.37. The highest BCUT2D eigenvalue weighted by Gasteiger charge is 2.26. The first-order valence-corrected chi connectivity index (χ1v) is 5.98. The molecule has 0 saturated carbocycles. The molecular weight excluding hydrogens is 224 g/mol. The van der Waals surface area contributed by atoms with Crippen molar-refractivity contribution in [3.05, 3.63) is 59.7 Å². The fourth-order valence-corrected chi connectivity index (χ4v) is 2.15. The molecule has 0 unspecified atom stereocenters. The fraction of sp³-hybridized carbons (Fsp3) is 0.250. The lowest BCUT2D eigenvalue weighted by Crippen LogP contribution is -2.19. The summed E-state index contributed by atoms with van der Waals surface area (Å²) in [4.78, 5) is 0. The average Bonchev–Trinajstić information content (AvgIpc) is 2.40. The summed E-state index contributed by atoms with van der Waals surface area (Å²) < 4.78 is 5.23. The van der Waals surface area contributed by atoms with Crippen molar-refractivity contribution in [2.45, 2.75) is 19.3 Å². The summed E-state index contributed by atoms with van der Waals surface area (Å²) in [7, 11) is 1.63. The highest BCUT2D eigenvalue weighted by atomic mass is 16.5. The standard InChI is InChI=1S/C16H18O2/c1-16(2,12-7-5-4-6-8-12)14-11-13(18-3)9-10-15(14)17/h4-11,17H,1-3H3. The van der Waals surface area contributed by atoms with Gasteiger partial charge in [0.05, 0.1) is 7.11 Å². The lowest BCUT2D eigenvalue weighted by atomic mass is 9.77. The number of hydrogen-bond donors (Lipinski definition) is 1. The topological polar surface area (TPSA) is 29.5 Å². The highest BCUT2D eigenvalue weighted by Crippen LogP contribution is 2.38. The number of aromatic hydroxyl groups is 1. The average molecular weight is 242 g/mol. The zero-order valence-electron chi connectivity index (χ0n) is 11.0. The first-order chi connectivity index (χ1) is 8.55. The van der Waals surface area contributed by atoms with Gasteiger partial charge in [-0.1, -0.05) is 44.2 Å². The van der Waals surface area contributed by atoms with Crippen LogP contribution in [0.15, 0.2) is 48.5 Å². The largest absolute Gasteiger partial charge is 0.508 e. The van der Waals surface area contributed by atoms with Gasteiger partial charge in [0.1, 0.15) is 11.5 Å². The van der Waals surface area contributed by atoms with Crippen molar-refractivity contribution in [3.8, 4) is 11.5 Å². The van der Waals surface area contributed by atoms with E-state index in [0.717, 1.165) is 16.9 Å². The van der Waals surface area contributed by atoms with Crippen LogP contribution in [0, 0.1) is 0 Å². The van der Waals surface area contributed by atoms with Crippen molar-refractivity contribution in [3.63, 3.8) is 0 Å². The molecule has 0 aliphatic rings. The van der Waals surface area contributed by atoms with Gasteiger partial charge in [-0.05, 0) is 23.8 Å². The van der Waals surface area contributed by atoms with Crippen molar-refractivity contribution >= 4 is 0 Å². The predicted octanol–water partition coefficient (Wildman–Crippen LogP) is 3.73. The van der Waals surface area contributed by atoms with Gasteiger partial charge in [0.2, 0.25) is 0 Å². The van der Waals surface area contributed by atoms with Crippen molar-refractivity contribution in [1.82, 2.24) is 0 Å². The van der Waals surface area contributed by atoms with E-state index in [4.69, 9.17) is 4.74 Å². The Kier molecular flexibility index (Phi) is 3.28. The van der Waals surface area contributed by atoms with Crippen LogP contribution in [0.2, 0.25) is 0 Å². The number of benzene rings is 2. The molecule has 18 heavy (non-hydrogen) atoms. The molecule has 0 aromatic heterocycles. The molecule has 0 aliphatic carbocycles. The van der Waals surface area contributed by atoms with E-state index in [1.165, 1.54) is 0 Å². The lowest BCUT2D eigenvalue weighted by molar-refractivity contribution is 0.407. The Morgan fingerprint density at radius 1 is 1.00 bits per heavy atom. The number of ether oxygens (including phenoxy) is 1. The van der Waals surface area contributed by atoms with Gasteiger partial charge in [0, 0.05) is 11.0 Å². The molecule has 2 aromatic rings. The Bertz CT molecular complexity index is 530. The third-order valence-electron chi connectivity index (χ3n) is 3.37. The monoisotopic (exact) mass is 242 g/mol. The summed E-state index contributed by atoms with van der Waals surface area (Å²) in [5.41, 5.74) is 1.77. The first-order valence-electron chi connectivity index (χ1n) is 5.98. The van der Waals surface area contributed by atoms with Gasteiger partial charge < -0.3 is 9.84 Å². The Balaban J connectivity index is 2.53.